The molecule has 1 aliphatic carbocycles. The number of esters is 2. The van der Waals surface area contributed by atoms with Crippen LogP contribution in [0.5, 0.6) is 0 Å². The molecule has 0 aromatic heterocycles. The predicted octanol–water partition coefficient (Wildman–Crippen LogP) is 1.12. The van der Waals surface area contributed by atoms with Crippen LogP contribution in [0.1, 0.15) is 20.8 Å². The van der Waals surface area contributed by atoms with Crippen LogP contribution in [-0.2, 0) is 23.9 Å². The van der Waals surface area contributed by atoms with Crippen LogP contribution in [0.4, 0.5) is 0 Å². The fourth-order valence-electron chi connectivity index (χ4n) is 2.49. The lowest BCUT2D eigenvalue weighted by Gasteiger charge is -2.10. The number of hydrogen-bond acceptors (Lipinski definition) is 5. The Morgan fingerprint density at radius 2 is 1.61 bits per heavy atom. The molecule has 0 saturated heterocycles. The molecule has 0 aromatic carbocycles. The van der Waals surface area contributed by atoms with E-state index in [1.165, 1.54) is 21.1 Å². The summed E-state index contributed by atoms with van der Waals surface area (Å²) >= 11 is 0. The number of carbonyl (C=O) groups excluding carboxylic acids is 3. The summed E-state index contributed by atoms with van der Waals surface area (Å²) in [5.41, 5.74) is -0.472. The van der Waals surface area contributed by atoms with Crippen molar-refractivity contribution < 1.29 is 23.9 Å². The molecule has 0 radical (unpaired) electrons. The van der Waals surface area contributed by atoms with E-state index in [1.54, 1.807) is 6.08 Å². The van der Waals surface area contributed by atoms with Gasteiger partial charge in [-0.15, -0.1) is 0 Å². The molecule has 0 bridgehead atoms. The van der Waals surface area contributed by atoms with E-state index in [4.69, 9.17) is 0 Å². The van der Waals surface area contributed by atoms with Gasteiger partial charge in [-0.2, -0.15) is 0 Å². The minimum absolute atomic E-state index is 0.368. The Hall–Kier alpha value is -1.65. The van der Waals surface area contributed by atoms with Gasteiger partial charge in [-0.05, 0) is 20.8 Å². The number of ketones is 1. The molecule has 1 unspecified atom stereocenters. The van der Waals surface area contributed by atoms with Crippen molar-refractivity contribution in [3.63, 3.8) is 0 Å². The van der Waals surface area contributed by atoms with E-state index < -0.39 is 29.2 Å². The maximum Gasteiger partial charge on any atom is 0.320 e. The van der Waals surface area contributed by atoms with E-state index in [0.717, 1.165) is 5.57 Å². The number of ether oxygens (including phenoxy) is 2. The summed E-state index contributed by atoms with van der Waals surface area (Å²) < 4.78 is 9.34. The number of Topliss-reactive ketones (excluding diaryl/α,β-unsaturated/α-hetero) is 1. The topological polar surface area (TPSA) is 69.7 Å². The first-order chi connectivity index (χ1) is 8.33. The average molecular weight is 254 g/mol. The first kappa shape index (κ1) is 14.4. The van der Waals surface area contributed by atoms with Crippen LogP contribution < -0.4 is 0 Å². The zero-order valence-electron chi connectivity index (χ0n) is 11.3. The van der Waals surface area contributed by atoms with Crippen molar-refractivity contribution in [3.05, 3.63) is 11.6 Å². The summed E-state index contributed by atoms with van der Waals surface area (Å²) in [5.74, 6) is -2.85. The lowest BCUT2D eigenvalue weighted by atomic mass is 9.96. The molecule has 0 N–H and O–H groups in total. The first-order valence-electron chi connectivity index (χ1n) is 5.66. The van der Waals surface area contributed by atoms with E-state index in [1.807, 2.05) is 13.8 Å². The van der Waals surface area contributed by atoms with E-state index in [9.17, 15) is 14.4 Å². The third-order valence-electron chi connectivity index (χ3n) is 3.34. The van der Waals surface area contributed by atoms with Gasteiger partial charge in [0, 0.05) is 5.92 Å². The smallest absolute Gasteiger partial charge is 0.320 e. The fourth-order valence-corrected chi connectivity index (χ4v) is 2.49. The van der Waals surface area contributed by atoms with Gasteiger partial charge in [0.15, 0.2) is 0 Å². The van der Waals surface area contributed by atoms with Crippen molar-refractivity contribution in [1.29, 1.82) is 0 Å². The Morgan fingerprint density at radius 3 is 1.94 bits per heavy atom. The zero-order chi connectivity index (χ0) is 14.1. The Bertz CT molecular complexity index is 419. The molecule has 0 aliphatic heterocycles. The van der Waals surface area contributed by atoms with E-state index in [0.29, 0.717) is 0 Å². The van der Waals surface area contributed by atoms with E-state index in [-0.39, 0.29) is 5.78 Å². The van der Waals surface area contributed by atoms with Crippen LogP contribution in [-0.4, -0.2) is 31.9 Å². The quantitative estimate of drug-likeness (QED) is 0.427. The minimum Gasteiger partial charge on any atom is -0.469 e. The molecule has 0 amide bonds. The molecule has 0 aromatic rings. The number of rotatable bonds is 4. The normalized spacial score (nSPS) is 29.2. The standard InChI is InChI=1S/C13H18O5/c1-7(2)6-9-10(11(15)17-4)13(9,8(3)14)12(16)18-5/h6,9-10H,1-5H3/t9-,10+,13?/m1/s1. The summed E-state index contributed by atoms with van der Waals surface area (Å²) in [6.45, 7) is 4.98. The van der Waals surface area contributed by atoms with Gasteiger partial charge in [0.1, 0.15) is 11.2 Å². The first-order valence-corrected chi connectivity index (χ1v) is 5.66. The van der Waals surface area contributed by atoms with E-state index in [2.05, 4.69) is 9.47 Å². The summed E-state index contributed by atoms with van der Waals surface area (Å²) in [5, 5.41) is 0. The second kappa shape index (κ2) is 4.92. The largest absolute Gasteiger partial charge is 0.469 e. The zero-order valence-corrected chi connectivity index (χ0v) is 11.3. The van der Waals surface area contributed by atoms with Crippen molar-refractivity contribution in [2.24, 2.45) is 17.3 Å². The molecule has 0 heterocycles. The second-order valence-electron chi connectivity index (χ2n) is 4.69. The SMILES string of the molecule is COC(=O)[C@@H]1[C@@H](C=C(C)C)C1(C(C)=O)C(=O)OC. The highest BCUT2D eigenvalue weighted by Crippen LogP contribution is 2.61. The molecular formula is C13H18O5. The van der Waals surface area contributed by atoms with Crippen molar-refractivity contribution >= 4 is 17.7 Å². The van der Waals surface area contributed by atoms with Gasteiger partial charge in [0.05, 0.1) is 20.1 Å². The van der Waals surface area contributed by atoms with Gasteiger partial charge in [-0.1, -0.05) is 11.6 Å². The second-order valence-corrected chi connectivity index (χ2v) is 4.69. The highest BCUT2D eigenvalue weighted by Gasteiger charge is 2.76. The van der Waals surface area contributed by atoms with Gasteiger partial charge < -0.3 is 9.47 Å². The van der Waals surface area contributed by atoms with Gasteiger partial charge in [0.25, 0.3) is 0 Å². The molecular weight excluding hydrogens is 236 g/mol. The maximum absolute atomic E-state index is 11.9. The number of methoxy groups -OCH3 is 2. The van der Waals surface area contributed by atoms with Crippen LogP contribution in [0, 0.1) is 17.3 Å². The predicted molar refractivity (Wildman–Crippen MR) is 63.6 cm³/mol. The minimum atomic E-state index is -1.40. The molecule has 18 heavy (non-hydrogen) atoms. The van der Waals surface area contributed by atoms with Gasteiger partial charge >= 0.3 is 11.9 Å². The van der Waals surface area contributed by atoms with Crippen LogP contribution in [0.15, 0.2) is 11.6 Å². The van der Waals surface area contributed by atoms with Gasteiger partial charge in [0.2, 0.25) is 0 Å². The average Bonchev–Trinajstić information content (AvgIpc) is 2.95. The third-order valence-corrected chi connectivity index (χ3v) is 3.34. The van der Waals surface area contributed by atoms with Crippen molar-refractivity contribution in [1.82, 2.24) is 0 Å². The van der Waals surface area contributed by atoms with Gasteiger partial charge in [-0.3, -0.25) is 14.4 Å². The molecule has 1 saturated carbocycles. The number of allylic oxidation sites excluding steroid dienone is 2. The number of hydrogen-bond donors (Lipinski definition) is 0. The lowest BCUT2D eigenvalue weighted by Crippen LogP contribution is -2.30. The third kappa shape index (κ3) is 1.94. The van der Waals surface area contributed by atoms with Gasteiger partial charge in [-0.25, -0.2) is 0 Å². The van der Waals surface area contributed by atoms with Crippen LogP contribution in [0.3, 0.4) is 0 Å². The Kier molecular flexibility index (Phi) is 3.94. The van der Waals surface area contributed by atoms with E-state index >= 15 is 0 Å². The van der Waals surface area contributed by atoms with Crippen molar-refractivity contribution in [2.75, 3.05) is 14.2 Å². The summed E-state index contributed by atoms with van der Waals surface area (Å²) in [6, 6.07) is 0. The van der Waals surface area contributed by atoms with Crippen LogP contribution >= 0.6 is 0 Å². The molecule has 5 heteroatoms. The van der Waals surface area contributed by atoms with Crippen molar-refractivity contribution in [2.45, 2.75) is 20.8 Å². The van der Waals surface area contributed by atoms with Crippen molar-refractivity contribution in [3.8, 4) is 0 Å². The lowest BCUT2D eigenvalue weighted by molar-refractivity contribution is -0.156. The number of carbonyl (C=O) groups is 3. The van der Waals surface area contributed by atoms with Crippen LogP contribution in [0.25, 0.3) is 0 Å². The Morgan fingerprint density at radius 1 is 1.06 bits per heavy atom. The molecule has 100 valence electrons. The summed E-state index contributed by atoms with van der Waals surface area (Å²) in [7, 11) is 2.45. The monoisotopic (exact) mass is 254 g/mol. The summed E-state index contributed by atoms with van der Waals surface area (Å²) in [6.07, 6.45) is 1.75. The molecule has 3 atom stereocenters. The van der Waals surface area contributed by atoms with Crippen LogP contribution in [0.2, 0.25) is 0 Å². The Labute approximate surface area is 106 Å². The molecule has 0 spiro atoms. The molecule has 1 fully saturated rings. The Balaban J connectivity index is 3.23. The highest BCUT2D eigenvalue weighted by atomic mass is 16.5. The molecule has 1 aliphatic rings. The summed E-state index contributed by atoms with van der Waals surface area (Å²) in [4.78, 5) is 35.4. The molecule has 1 rings (SSSR count). The maximum atomic E-state index is 11.9. The molecule has 5 nitrogen and oxygen atoms in total. The highest BCUT2D eigenvalue weighted by molar-refractivity contribution is 6.12. The fraction of sp³-hybridized carbons (Fsp3) is 0.615.